The fourth-order valence-corrected chi connectivity index (χ4v) is 2.48. The van der Waals surface area contributed by atoms with Crippen molar-refractivity contribution in [3.8, 4) is 11.8 Å². The predicted molar refractivity (Wildman–Crippen MR) is 79.8 cm³/mol. The molecule has 0 aliphatic carbocycles. The minimum atomic E-state index is -1.06. The van der Waals surface area contributed by atoms with Crippen LogP contribution in [0, 0.1) is 17.1 Å². The molecule has 0 spiro atoms. The van der Waals surface area contributed by atoms with Crippen molar-refractivity contribution in [3.05, 3.63) is 63.9 Å². The van der Waals surface area contributed by atoms with Crippen molar-refractivity contribution in [1.82, 2.24) is 0 Å². The molecule has 3 nitrogen and oxygen atoms in total. The molecule has 0 aromatic heterocycles. The number of ether oxygens (including phenoxy) is 1. The highest BCUT2D eigenvalue weighted by molar-refractivity contribution is 9.10. The number of halogens is 2. The van der Waals surface area contributed by atoms with E-state index in [9.17, 15) is 14.4 Å². The zero-order chi connectivity index (χ0) is 15.4. The summed E-state index contributed by atoms with van der Waals surface area (Å²) in [6.07, 6.45) is 0. The van der Waals surface area contributed by atoms with Gasteiger partial charge in [-0.25, -0.2) is 4.39 Å². The summed E-state index contributed by atoms with van der Waals surface area (Å²) in [5.41, 5.74) is 0.594. The van der Waals surface area contributed by atoms with E-state index in [0.29, 0.717) is 11.3 Å². The van der Waals surface area contributed by atoms with Gasteiger partial charge in [0.2, 0.25) is 0 Å². The predicted octanol–water partition coefficient (Wildman–Crippen LogP) is 4.09. The molecule has 5 heteroatoms. The van der Waals surface area contributed by atoms with Crippen molar-refractivity contribution >= 4 is 21.7 Å². The fraction of sp³-hybridized carbons (Fsp3) is 0.125. The summed E-state index contributed by atoms with van der Waals surface area (Å²) in [5.74, 6) is -1.63. The van der Waals surface area contributed by atoms with E-state index in [1.165, 1.54) is 25.3 Å². The van der Waals surface area contributed by atoms with Crippen LogP contribution in [0.4, 0.5) is 4.39 Å². The Labute approximate surface area is 130 Å². The Bertz CT molecular complexity index is 724. The smallest absolute Gasteiger partial charge is 0.185 e. The van der Waals surface area contributed by atoms with Crippen molar-refractivity contribution in [2.75, 3.05) is 7.11 Å². The Kier molecular flexibility index (Phi) is 4.71. The molecule has 2 aromatic carbocycles. The molecule has 2 rings (SSSR count). The van der Waals surface area contributed by atoms with Gasteiger partial charge in [-0.3, -0.25) is 4.79 Å². The maximum absolute atomic E-state index is 13.5. The Hall–Kier alpha value is -2.19. The number of methoxy groups -OCH3 is 1. The largest absolute Gasteiger partial charge is 0.496 e. The number of carbonyl (C=O) groups excluding carboxylic acids is 1. The average Bonchev–Trinajstić information content (AvgIpc) is 2.51. The van der Waals surface area contributed by atoms with Crippen LogP contribution in [0.2, 0.25) is 0 Å². The van der Waals surface area contributed by atoms with E-state index in [2.05, 4.69) is 15.9 Å². The normalized spacial score (nSPS) is 11.5. The van der Waals surface area contributed by atoms with Crippen LogP contribution in [0.1, 0.15) is 21.8 Å². The van der Waals surface area contributed by atoms with Gasteiger partial charge < -0.3 is 4.74 Å². The van der Waals surface area contributed by atoms with E-state index in [1.807, 2.05) is 6.07 Å². The number of ketones is 1. The lowest BCUT2D eigenvalue weighted by Crippen LogP contribution is -2.13. The topological polar surface area (TPSA) is 50.1 Å². The van der Waals surface area contributed by atoms with E-state index in [-0.39, 0.29) is 10.0 Å². The van der Waals surface area contributed by atoms with E-state index >= 15 is 0 Å². The molecule has 0 aliphatic heterocycles. The van der Waals surface area contributed by atoms with E-state index in [4.69, 9.17) is 4.74 Å². The lowest BCUT2D eigenvalue weighted by molar-refractivity contribution is 0.0976. The molecular weight excluding hydrogens is 337 g/mol. The maximum atomic E-state index is 13.5. The number of nitrogens with zero attached hydrogens (tertiary/aromatic N) is 1. The summed E-state index contributed by atoms with van der Waals surface area (Å²) in [7, 11) is 1.47. The van der Waals surface area contributed by atoms with Gasteiger partial charge in [-0.2, -0.15) is 5.26 Å². The molecule has 0 amide bonds. The average molecular weight is 348 g/mol. The number of hydrogen-bond acceptors (Lipinski definition) is 3. The van der Waals surface area contributed by atoms with E-state index in [1.54, 1.807) is 24.3 Å². The summed E-state index contributed by atoms with van der Waals surface area (Å²) >= 11 is 3.05. The summed E-state index contributed by atoms with van der Waals surface area (Å²) < 4.78 is 18.8. The first kappa shape index (κ1) is 15.2. The first-order valence-electron chi connectivity index (χ1n) is 6.11. The van der Waals surface area contributed by atoms with Crippen molar-refractivity contribution in [1.29, 1.82) is 5.26 Å². The molecule has 0 fully saturated rings. The molecule has 0 saturated carbocycles. The Morgan fingerprint density at radius 1 is 1.29 bits per heavy atom. The molecule has 0 radical (unpaired) electrons. The quantitative estimate of drug-likeness (QED) is 0.782. The van der Waals surface area contributed by atoms with Gasteiger partial charge in [-0.05, 0) is 34.1 Å². The summed E-state index contributed by atoms with van der Waals surface area (Å²) in [5, 5.41) is 9.36. The highest BCUT2D eigenvalue weighted by Gasteiger charge is 2.26. The minimum Gasteiger partial charge on any atom is -0.496 e. The molecule has 21 heavy (non-hydrogen) atoms. The van der Waals surface area contributed by atoms with E-state index < -0.39 is 17.5 Å². The number of para-hydroxylation sites is 1. The third-order valence-corrected chi connectivity index (χ3v) is 3.86. The number of rotatable bonds is 4. The molecule has 0 aliphatic rings. The molecule has 1 unspecified atom stereocenters. The van der Waals surface area contributed by atoms with Crippen LogP contribution < -0.4 is 4.74 Å². The Balaban J connectivity index is 2.49. The fourth-order valence-electron chi connectivity index (χ4n) is 2.02. The first-order valence-corrected chi connectivity index (χ1v) is 6.90. The number of carbonyl (C=O) groups is 1. The van der Waals surface area contributed by atoms with Crippen LogP contribution in [0.5, 0.6) is 5.75 Å². The van der Waals surface area contributed by atoms with Gasteiger partial charge in [-0.15, -0.1) is 0 Å². The Morgan fingerprint density at radius 3 is 2.67 bits per heavy atom. The third-order valence-electron chi connectivity index (χ3n) is 3.06. The minimum absolute atomic E-state index is 0.0603. The SMILES string of the molecule is COc1ccccc1C(C#N)C(=O)c1cccc(F)c1Br. The summed E-state index contributed by atoms with van der Waals surface area (Å²) in [4.78, 5) is 12.5. The van der Waals surface area contributed by atoms with Crippen LogP contribution >= 0.6 is 15.9 Å². The van der Waals surface area contributed by atoms with Crippen LogP contribution in [-0.4, -0.2) is 12.9 Å². The second-order valence-corrected chi connectivity index (χ2v) is 5.06. The Morgan fingerprint density at radius 2 is 2.00 bits per heavy atom. The van der Waals surface area contributed by atoms with Gasteiger partial charge in [0, 0.05) is 11.1 Å². The van der Waals surface area contributed by atoms with Crippen molar-refractivity contribution in [2.24, 2.45) is 0 Å². The van der Waals surface area contributed by atoms with Crippen molar-refractivity contribution in [3.63, 3.8) is 0 Å². The highest BCUT2D eigenvalue weighted by Crippen LogP contribution is 2.31. The molecule has 0 bridgehead atoms. The molecule has 106 valence electrons. The molecule has 0 N–H and O–H groups in total. The van der Waals surface area contributed by atoms with Crippen molar-refractivity contribution < 1.29 is 13.9 Å². The van der Waals surface area contributed by atoms with Gasteiger partial charge in [0.25, 0.3) is 0 Å². The van der Waals surface area contributed by atoms with Gasteiger partial charge in [0.15, 0.2) is 5.78 Å². The van der Waals surface area contributed by atoms with Crippen LogP contribution in [-0.2, 0) is 0 Å². The summed E-state index contributed by atoms with van der Waals surface area (Å²) in [6, 6.07) is 12.9. The molecule has 0 saturated heterocycles. The first-order chi connectivity index (χ1) is 10.1. The number of hydrogen-bond donors (Lipinski definition) is 0. The lowest BCUT2D eigenvalue weighted by Gasteiger charge is -2.13. The van der Waals surface area contributed by atoms with Crippen LogP contribution in [0.15, 0.2) is 46.9 Å². The van der Waals surface area contributed by atoms with Gasteiger partial charge in [-0.1, -0.05) is 24.3 Å². The van der Waals surface area contributed by atoms with Crippen LogP contribution in [0.25, 0.3) is 0 Å². The molecule has 2 aromatic rings. The molecule has 1 atom stereocenters. The highest BCUT2D eigenvalue weighted by atomic mass is 79.9. The zero-order valence-corrected chi connectivity index (χ0v) is 12.7. The van der Waals surface area contributed by atoms with Crippen molar-refractivity contribution in [2.45, 2.75) is 5.92 Å². The molecule has 0 heterocycles. The van der Waals surface area contributed by atoms with Gasteiger partial charge in [0.1, 0.15) is 17.5 Å². The van der Waals surface area contributed by atoms with Gasteiger partial charge >= 0.3 is 0 Å². The number of benzene rings is 2. The number of nitriles is 1. The van der Waals surface area contributed by atoms with Crippen LogP contribution in [0.3, 0.4) is 0 Å². The second kappa shape index (κ2) is 6.51. The van der Waals surface area contributed by atoms with Gasteiger partial charge in [0.05, 0.1) is 17.7 Å². The number of Topliss-reactive ketones (excluding diaryl/α,β-unsaturated/α-hetero) is 1. The molecular formula is C16H11BrFNO2. The van der Waals surface area contributed by atoms with E-state index in [0.717, 1.165) is 0 Å². The second-order valence-electron chi connectivity index (χ2n) is 4.27. The summed E-state index contributed by atoms with van der Waals surface area (Å²) in [6.45, 7) is 0. The standard InChI is InChI=1S/C16H11BrFNO2/c1-21-14-8-3-2-5-10(14)12(9-19)16(20)11-6-4-7-13(18)15(11)17/h2-8,12H,1H3. The lowest BCUT2D eigenvalue weighted by atomic mass is 9.91. The maximum Gasteiger partial charge on any atom is 0.185 e. The monoisotopic (exact) mass is 347 g/mol. The zero-order valence-electron chi connectivity index (χ0n) is 11.1. The third kappa shape index (κ3) is 2.96.